The first-order valence-corrected chi connectivity index (χ1v) is 6.43. The number of nitrogens with one attached hydrogen (secondary N) is 1. The van der Waals surface area contributed by atoms with Gasteiger partial charge >= 0.3 is 5.97 Å². The Morgan fingerprint density at radius 1 is 1.20 bits per heavy atom. The van der Waals surface area contributed by atoms with Crippen LogP contribution in [0.25, 0.3) is 0 Å². The fourth-order valence-corrected chi connectivity index (χ4v) is 1.76. The number of benzene rings is 1. The summed E-state index contributed by atoms with van der Waals surface area (Å²) in [7, 11) is 0. The van der Waals surface area contributed by atoms with Crippen LogP contribution in [-0.4, -0.2) is 28.6 Å². The molecule has 0 aliphatic heterocycles. The van der Waals surface area contributed by atoms with Crippen LogP contribution in [0.15, 0.2) is 18.2 Å². The van der Waals surface area contributed by atoms with E-state index >= 15 is 0 Å². The maximum absolute atomic E-state index is 12.1. The molecular weight excluding hydrogens is 258 g/mol. The summed E-state index contributed by atoms with van der Waals surface area (Å²) in [4.78, 5) is 22.8. The van der Waals surface area contributed by atoms with Crippen molar-refractivity contribution in [2.75, 3.05) is 0 Å². The lowest BCUT2D eigenvalue weighted by Gasteiger charge is -2.26. The zero-order valence-electron chi connectivity index (χ0n) is 12.5. The predicted molar refractivity (Wildman–Crippen MR) is 75.9 cm³/mol. The molecule has 1 unspecified atom stereocenters. The number of ether oxygens (including phenoxy) is 1. The van der Waals surface area contributed by atoms with Gasteiger partial charge in [0, 0.05) is 0 Å². The molecular formula is C15H21NO4. The molecule has 0 saturated heterocycles. The summed E-state index contributed by atoms with van der Waals surface area (Å²) in [6, 6.07) is 4.72. The fourth-order valence-electron chi connectivity index (χ4n) is 1.76. The minimum absolute atomic E-state index is 0.466. The van der Waals surface area contributed by atoms with Crippen molar-refractivity contribution in [3.8, 4) is 5.75 Å². The summed E-state index contributed by atoms with van der Waals surface area (Å²) in [6.45, 7) is 8.51. The summed E-state index contributed by atoms with van der Waals surface area (Å²) in [5.74, 6) is -0.960. The van der Waals surface area contributed by atoms with E-state index in [1.165, 1.54) is 6.92 Å². The number of aliphatic carboxylic acids is 1. The number of hydrogen-bond donors (Lipinski definition) is 2. The molecule has 0 saturated carbocycles. The average Bonchev–Trinajstić information content (AvgIpc) is 2.26. The Labute approximate surface area is 118 Å². The van der Waals surface area contributed by atoms with Gasteiger partial charge in [-0.3, -0.25) is 9.59 Å². The first-order valence-electron chi connectivity index (χ1n) is 6.43. The van der Waals surface area contributed by atoms with Gasteiger partial charge in [0.1, 0.15) is 11.8 Å². The van der Waals surface area contributed by atoms with Crippen molar-refractivity contribution in [2.45, 2.75) is 46.3 Å². The largest absolute Gasteiger partial charge is 0.480 e. The molecule has 0 aliphatic carbocycles. The van der Waals surface area contributed by atoms with Crippen molar-refractivity contribution >= 4 is 11.9 Å². The molecule has 0 fully saturated rings. The highest BCUT2D eigenvalue weighted by atomic mass is 16.5. The first-order chi connectivity index (χ1) is 9.11. The Morgan fingerprint density at radius 2 is 1.70 bits per heavy atom. The van der Waals surface area contributed by atoms with Gasteiger partial charge in [-0.1, -0.05) is 6.07 Å². The molecule has 1 amide bonds. The van der Waals surface area contributed by atoms with E-state index < -0.39 is 23.5 Å². The van der Waals surface area contributed by atoms with E-state index in [9.17, 15) is 9.59 Å². The smallest absolute Gasteiger partial charge is 0.325 e. The number of aryl methyl sites for hydroxylation is 2. The third-order valence-corrected chi connectivity index (χ3v) is 2.83. The highest BCUT2D eigenvalue weighted by Crippen LogP contribution is 2.21. The normalized spacial score (nSPS) is 12.7. The molecule has 0 aromatic heterocycles. The van der Waals surface area contributed by atoms with Gasteiger partial charge < -0.3 is 15.2 Å². The van der Waals surface area contributed by atoms with Crippen LogP contribution in [0, 0.1) is 13.8 Å². The molecule has 1 aromatic rings. The van der Waals surface area contributed by atoms with Crippen LogP contribution >= 0.6 is 0 Å². The number of carbonyl (C=O) groups excluding carboxylic acids is 1. The molecule has 0 heterocycles. The molecule has 5 nitrogen and oxygen atoms in total. The second-order valence-electron chi connectivity index (χ2n) is 5.47. The number of carbonyl (C=O) groups is 2. The molecule has 20 heavy (non-hydrogen) atoms. The Balaban J connectivity index is 2.82. The number of hydrogen-bond acceptors (Lipinski definition) is 3. The second kappa shape index (κ2) is 5.94. The summed E-state index contributed by atoms with van der Waals surface area (Å²) >= 11 is 0. The average molecular weight is 279 g/mol. The van der Waals surface area contributed by atoms with Gasteiger partial charge in [0.05, 0.1) is 0 Å². The number of carboxylic acid groups (broad SMARTS) is 1. The number of carboxylic acids is 1. The van der Waals surface area contributed by atoms with Gasteiger partial charge in [0.2, 0.25) is 0 Å². The van der Waals surface area contributed by atoms with Gasteiger partial charge in [0.15, 0.2) is 5.60 Å². The third-order valence-electron chi connectivity index (χ3n) is 2.83. The molecule has 110 valence electrons. The molecule has 0 aliphatic rings. The Morgan fingerprint density at radius 3 is 2.15 bits per heavy atom. The number of amides is 1. The lowest BCUT2D eigenvalue weighted by Crippen LogP contribution is -2.51. The van der Waals surface area contributed by atoms with E-state index in [1.54, 1.807) is 13.8 Å². The molecule has 1 atom stereocenters. The quantitative estimate of drug-likeness (QED) is 0.865. The van der Waals surface area contributed by atoms with Crippen LogP contribution in [0.5, 0.6) is 5.75 Å². The highest BCUT2D eigenvalue weighted by molar-refractivity contribution is 5.88. The van der Waals surface area contributed by atoms with Gasteiger partial charge in [-0.25, -0.2) is 0 Å². The van der Waals surface area contributed by atoms with Crippen molar-refractivity contribution in [3.05, 3.63) is 29.3 Å². The summed E-state index contributed by atoms with van der Waals surface area (Å²) in [5, 5.41) is 11.2. The van der Waals surface area contributed by atoms with E-state index in [1.807, 2.05) is 32.0 Å². The van der Waals surface area contributed by atoms with Crippen molar-refractivity contribution in [3.63, 3.8) is 0 Å². The van der Waals surface area contributed by atoms with Gasteiger partial charge in [0.25, 0.3) is 5.91 Å². The molecule has 5 heteroatoms. The van der Waals surface area contributed by atoms with Crippen LogP contribution in [0.2, 0.25) is 0 Å². The second-order valence-corrected chi connectivity index (χ2v) is 5.47. The van der Waals surface area contributed by atoms with E-state index in [-0.39, 0.29) is 0 Å². The molecule has 2 N–H and O–H groups in total. The Hall–Kier alpha value is -2.04. The molecule has 1 aromatic carbocycles. The fraction of sp³-hybridized carbons (Fsp3) is 0.467. The SMILES string of the molecule is Cc1cc(C)cc(OC(C)(C)C(=O)NC(C)C(=O)O)c1. The summed E-state index contributed by atoms with van der Waals surface area (Å²) in [5.41, 5.74) is 0.925. The van der Waals surface area contributed by atoms with Gasteiger partial charge in [-0.05, 0) is 57.9 Å². The maximum atomic E-state index is 12.1. The maximum Gasteiger partial charge on any atom is 0.325 e. The highest BCUT2D eigenvalue weighted by Gasteiger charge is 2.32. The first kappa shape index (κ1) is 16.0. The van der Waals surface area contributed by atoms with Crippen LogP contribution in [-0.2, 0) is 9.59 Å². The van der Waals surface area contributed by atoms with E-state index in [2.05, 4.69) is 5.32 Å². The topological polar surface area (TPSA) is 75.6 Å². The lowest BCUT2D eigenvalue weighted by atomic mass is 10.1. The van der Waals surface area contributed by atoms with Crippen molar-refractivity contribution in [2.24, 2.45) is 0 Å². The molecule has 0 bridgehead atoms. The molecule has 0 spiro atoms. The predicted octanol–water partition coefficient (Wildman–Crippen LogP) is 2.05. The Bertz CT molecular complexity index is 502. The molecule has 0 radical (unpaired) electrons. The number of rotatable bonds is 5. The zero-order valence-corrected chi connectivity index (χ0v) is 12.5. The molecule has 1 rings (SSSR count). The van der Waals surface area contributed by atoms with Crippen molar-refractivity contribution in [1.82, 2.24) is 5.32 Å². The minimum atomic E-state index is -1.15. The summed E-state index contributed by atoms with van der Waals surface area (Å²) < 4.78 is 5.70. The van der Waals surface area contributed by atoms with Gasteiger partial charge in [-0.2, -0.15) is 0 Å². The summed E-state index contributed by atoms with van der Waals surface area (Å²) in [6.07, 6.45) is 0. The van der Waals surface area contributed by atoms with E-state index in [0.29, 0.717) is 5.75 Å². The van der Waals surface area contributed by atoms with Crippen LogP contribution in [0.1, 0.15) is 31.9 Å². The minimum Gasteiger partial charge on any atom is -0.480 e. The van der Waals surface area contributed by atoms with E-state index in [0.717, 1.165) is 11.1 Å². The van der Waals surface area contributed by atoms with E-state index in [4.69, 9.17) is 9.84 Å². The third kappa shape index (κ3) is 4.26. The van der Waals surface area contributed by atoms with Gasteiger partial charge in [-0.15, -0.1) is 0 Å². The standard InChI is InChI=1S/C15H21NO4/c1-9-6-10(2)8-12(7-9)20-15(4,5)14(19)16-11(3)13(17)18/h6-8,11H,1-5H3,(H,16,19)(H,17,18). The van der Waals surface area contributed by atoms with Crippen LogP contribution in [0.4, 0.5) is 0 Å². The van der Waals surface area contributed by atoms with Crippen molar-refractivity contribution in [1.29, 1.82) is 0 Å². The van der Waals surface area contributed by atoms with Crippen molar-refractivity contribution < 1.29 is 19.4 Å². The monoisotopic (exact) mass is 279 g/mol. The van der Waals surface area contributed by atoms with Crippen LogP contribution in [0.3, 0.4) is 0 Å². The lowest BCUT2D eigenvalue weighted by molar-refractivity contribution is -0.144. The zero-order chi connectivity index (χ0) is 15.5. The van der Waals surface area contributed by atoms with Crippen LogP contribution < -0.4 is 10.1 Å². The Kier molecular flexibility index (Phi) is 4.76.